The molecule has 0 bridgehead atoms. The quantitative estimate of drug-likeness (QED) is 0.760. The predicted octanol–water partition coefficient (Wildman–Crippen LogP) is 1.84. The molecule has 1 fully saturated rings. The number of carbonyl (C=O) groups excluding carboxylic acids is 2. The van der Waals surface area contributed by atoms with Gasteiger partial charge in [0.1, 0.15) is 0 Å². The Hall–Kier alpha value is -1.06. The van der Waals surface area contributed by atoms with Crippen LogP contribution in [0.3, 0.4) is 0 Å². The fourth-order valence-electron chi connectivity index (χ4n) is 2.27. The van der Waals surface area contributed by atoms with Crippen LogP contribution >= 0.6 is 0 Å². The molecule has 2 amide bonds. The van der Waals surface area contributed by atoms with Crippen molar-refractivity contribution in [3.05, 3.63) is 0 Å². The van der Waals surface area contributed by atoms with Gasteiger partial charge in [-0.1, -0.05) is 26.7 Å². The molecular weight excluding hydrogens is 228 g/mol. The van der Waals surface area contributed by atoms with Gasteiger partial charge >= 0.3 is 0 Å². The fraction of sp³-hybridized carbons (Fsp3) is 0.857. The fourth-order valence-corrected chi connectivity index (χ4v) is 2.27. The first kappa shape index (κ1) is 15.0. The Morgan fingerprint density at radius 2 is 1.78 bits per heavy atom. The summed E-state index contributed by atoms with van der Waals surface area (Å²) >= 11 is 0. The van der Waals surface area contributed by atoms with Gasteiger partial charge in [-0.05, 0) is 25.7 Å². The molecule has 0 aromatic carbocycles. The molecule has 0 spiro atoms. The topological polar surface area (TPSA) is 58.2 Å². The third kappa shape index (κ3) is 5.52. The van der Waals surface area contributed by atoms with Gasteiger partial charge in [0.05, 0.1) is 0 Å². The molecule has 18 heavy (non-hydrogen) atoms. The third-order valence-corrected chi connectivity index (χ3v) is 3.31. The number of nitrogens with one attached hydrogen (secondary N) is 2. The highest BCUT2D eigenvalue weighted by Gasteiger charge is 2.24. The van der Waals surface area contributed by atoms with E-state index in [2.05, 4.69) is 24.5 Å². The molecule has 1 aliphatic carbocycles. The van der Waals surface area contributed by atoms with Crippen molar-refractivity contribution in [2.75, 3.05) is 6.54 Å². The van der Waals surface area contributed by atoms with E-state index in [1.807, 2.05) is 6.92 Å². The van der Waals surface area contributed by atoms with Crippen LogP contribution in [0.25, 0.3) is 0 Å². The van der Waals surface area contributed by atoms with Gasteiger partial charge in [-0.2, -0.15) is 0 Å². The molecule has 4 heteroatoms. The maximum absolute atomic E-state index is 11.9. The van der Waals surface area contributed by atoms with E-state index in [1.165, 1.54) is 0 Å². The maximum Gasteiger partial charge on any atom is 0.223 e. The lowest BCUT2D eigenvalue weighted by atomic mass is 10.1. The summed E-state index contributed by atoms with van der Waals surface area (Å²) in [6.45, 7) is 6.71. The van der Waals surface area contributed by atoms with Gasteiger partial charge in [-0.25, -0.2) is 0 Å². The molecule has 0 saturated heterocycles. The van der Waals surface area contributed by atoms with Gasteiger partial charge in [-0.15, -0.1) is 0 Å². The van der Waals surface area contributed by atoms with Crippen LogP contribution in [0.4, 0.5) is 0 Å². The third-order valence-electron chi connectivity index (χ3n) is 3.31. The number of hydrogen-bond donors (Lipinski definition) is 2. The van der Waals surface area contributed by atoms with Crippen molar-refractivity contribution in [2.45, 2.75) is 58.9 Å². The van der Waals surface area contributed by atoms with E-state index in [1.54, 1.807) is 0 Å². The van der Waals surface area contributed by atoms with Crippen molar-refractivity contribution in [1.29, 1.82) is 0 Å². The van der Waals surface area contributed by atoms with Crippen LogP contribution in [0.15, 0.2) is 0 Å². The zero-order chi connectivity index (χ0) is 13.5. The Morgan fingerprint density at radius 3 is 2.33 bits per heavy atom. The molecule has 0 radical (unpaired) electrons. The van der Waals surface area contributed by atoms with Gasteiger partial charge in [0.15, 0.2) is 0 Å². The molecule has 0 aromatic heterocycles. The summed E-state index contributed by atoms with van der Waals surface area (Å²) < 4.78 is 0. The molecule has 2 N–H and O–H groups in total. The molecule has 104 valence electrons. The van der Waals surface area contributed by atoms with E-state index in [0.29, 0.717) is 18.9 Å². The van der Waals surface area contributed by atoms with Crippen molar-refractivity contribution in [3.8, 4) is 0 Å². The minimum atomic E-state index is -0.0785. The van der Waals surface area contributed by atoms with E-state index < -0.39 is 0 Å². The van der Waals surface area contributed by atoms with Crippen molar-refractivity contribution in [2.24, 2.45) is 11.8 Å². The van der Waals surface area contributed by atoms with E-state index in [0.717, 1.165) is 25.7 Å². The SMILES string of the molecule is CC(C)CNC(=O)CC(C)NC(=O)C1CCCC1. The van der Waals surface area contributed by atoms with Crippen molar-refractivity contribution < 1.29 is 9.59 Å². The van der Waals surface area contributed by atoms with Crippen LogP contribution in [-0.2, 0) is 9.59 Å². The molecule has 0 aliphatic heterocycles. The van der Waals surface area contributed by atoms with E-state index >= 15 is 0 Å². The van der Waals surface area contributed by atoms with Crippen molar-refractivity contribution >= 4 is 11.8 Å². The van der Waals surface area contributed by atoms with Crippen LogP contribution in [0.2, 0.25) is 0 Å². The lowest BCUT2D eigenvalue weighted by Gasteiger charge is -2.17. The average molecular weight is 254 g/mol. The summed E-state index contributed by atoms with van der Waals surface area (Å²) in [5.74, 6) is 0.767. The predicted molar refractivity (Wildman–Crippen MR) is 72.0 cm³/mol. The standard InChI is InChI=1S/C14H26N2O2/c1-10(2)9-15-13(17)8-11(3)16-14(18)12-6-4-5-7-12/h10-12H,4-9H2,1-3H3,(H,15,17)(H,16,18). The summed E-state index contributed by atoms with van der Waals surface area (Å²) in [6, 6.07) is -0.0785. The van der Waals surface area contributed by atoms with Crippen LogP contribution in [-0.4, -0.2) is 24.4 Å². The Morgan fingerprint density at radius 1 is 1.17 bits per heavy atom. The second-order valence-corrected chi connectivity index (χ2v) is 5.79. The molecule has 4 nitrogen and oxygen atoms in total. The first-order chi connectivity index (χ1) is 8.49. The summed E-state index contributed by atoms with van der Waals surface area (Å²) in [5.41, 5.74) is 0. The summed E-state index contributed by atoms with van der Waals surface area (Å²) in [7, 11) is 0. The van der Waals surface area contributed by atoms with Gasteiger partial charge in [0.25, 0.3) is 0 Å². The van der Waals surface area contributed by atoms with Crippen molar-refractivity contribution in [1.82, 2.24) is 10.6 Å². The molecule has 1 saturated carbocycles. The highest BCUT2D eigenvalue weighted by Crippen LogP contribution is 2.24. The van der Waals surface area contributed by atoms with Crippen LogP contribution < -0.4 is 10.6 Å². The number of hydrogen-bond acceptors (Lipinski definition) is 2. The lowest BCUT2D eigenvalue weighted by molar-refractivity contribution is -0.126. The zero-order valence-electron chi connectivity index (χ0n) is 11.8. The zero-order valence-corrected chi connectivity index (χ0v) is 11.8. The highest BCUT2D eigenvalue weighted by molar-refractivity contribution is 5.81. The van der Waals surface area contributed by atoms with E-state index in [9.17, 15) is 9.59 Å². The van der Waals surface area contributed by atoms with Crippen LogP contribution in [0.1, 0.15) is 52.9 Å². The summed E-state index contributed by atoms with van der Waals surface area (Å²) in [6.07, 6.45) is 4.67. The first-order valence-corrected chi connectivity index (χ1v) is 7.06. The lowest BCUT2D eigenvalue weighted by Crippen LogP contribution is -2.40. The summed E-state index contributed by atoms with van der Waals surface area (Å²) in [4.78, 5) is 23.5. The largest absolute Gasteiger partial charge is 0.356 e. The molecule has 1 atom stereocenters. The molecule has 1 aliphatic rings. The molecule has 1 unspecified atom stereocenters. The van der Waals surface area contributed by atoms with E-state index in [4.69, 9.17) is 0 Å². The van der Waals surface area contributed by atoms with Gasteiger partial charge in [0, 0.05) is 24.9 Å². The second-order valence-electron chi connectivity index (χ2n) is 5.79. The average Bonchev–Trinajstić information content (AvgIpc) is 2.79. The molecule has 1 rings (SSSR count). The normalized spacial score (nSPS) is 17.8. The monoisotopic (exact) mass is 254 g/mol. The number of carbonyl (C=O) groups is 2. The van der Waals surface area contributed by atoms with Gasteiger partial charge in [0.2, 0.25) is 11.8 Å². The summed E-state index contributed by atoms with van der Waals surface area (Å²) in [5, 5.41) is 5.81. The maximum atomic E-state index is 11.9. The number of amides is 2. The molecule has 0 aromatic rings. The van der Waals surface area contributed by atoms with Crippen LogP contribution in [0.5, 0.6) is 0 Å². The van der Waals surface area contributed by atoms with Crippen LogP contribution in [0, 0.1) is 11.8 Å². The minimum absolute atomic E-state index is 0.0166. The smallest absolute Gasteiger partial charge is 0.223 e. The Kier molecular flexibility index (Phi) is 6.16. The van der Waals surface area contributed by atoms with Gasteiger partial charge in [-0.3, -0.25) is 9.59 Å². The first-order valence-electron chi connectivity index (χ1n) is 7.06. The molecule has 0 heterocycles. The van der Waals surface area contributed by atoms with Crippen molar-refractivity contribution in [3.63, 3.8) is 0 Å². The minimum Gasteiger partial charge on any atom is -0.356 e. The van der Waals surface area contributed by atoms with E-state index in [-0.39, 0.29) is 23.8 Å². The Bertz CT molecular complexity index is 284. The molecular formula is C14H26N2O2. The second kappa shape index (κ2) is 7.39. The number of rotatable bonds is 6. The highest BCUT2D eigenvalue weighted by atomic mass is 16.2. The van der Waals surface area contributed by atoms with Gasteiger partial charge < -0.3 is 10.6 Å². The Balaban J connectivity index is 2.21. The Labute approximate surface area is 110 Å².